The predicted octanol–water partition coefficient (Wildman–Crippen LogP) is 4.20. The Labute approximate surface area is 190 Å². The second-order valence-electron chi connectivity index (χ2n) is 7.18. The van der Waals surface area contributed by atoms with E-state index < -0.39 is 6.10 Å². The van der Waals surface area contributed by atoms with E-state index in [-0.39, 0.29) is 61.6 Å². The SMILES string of the molecule is CC(C)C(=O)c1ccc(C2C(COCc3cc[c-]o3)[C@H](Cl)C[C@H]2O)cc1.[Y]. The summed E-state index contributed by atoms with van der Waals surface area (Å²) in [5.74, 6) is 0.683. The Kier molecular flexibility index (Phi) is 8.70. The number of hydrogen-bond donors (Lipinski definition) is 1. The van der Waals surface area contributed by atoms with Crippen molar-refractivity contribution in [2.45, 2.75) is 44.3 Å². The number of alkyl halides is 1. The first-order chi connectivity index (χ1) is 12.5. The van der Waals surface area contributed by atoms with Crippen molar-refractivity contribution in [3.63, 3.8) is 0 Å². The van der Waals surface area contributed by atoms with Crippen LogP contribution in [0.2, 0.25) is 0 Å². The molecule has 1 heterocycles. The number of hydrogen-bond acceptors (Lipinski definition) is 4. The van der Waals surface area contributed by atoms with Gasteiger partial charge in [-0.1, -0.05) is 38.1 Å². The molecule has 1 saturated carbocycles. The number of ketones is 1. The number of Topliss-reactive ketones (excluding diaryl/α,β-unsaturated/α-hetero) is 1. The van der Waals surface area contributed by atoms with Gasteiger partial charge >= 0.3 is 0 Å². The van der Waals surface area contributed by atoms with Crippen LogP contribution in [0.1, 0.15) is 47.9 Å². The second-order valence-corrected chi connectivity index (χ2v) is 7.74. The fourth-order valence-corrected chi connectivity index (χ4v) is 4.00. The van der Waals surface area contributed by atoms with Crippen LogP contribution in [-0.2, 0) is 44.1 Å². The molecule has 1 aliphatic rings. The Morgan fingerprint density at radius 1 is 1.33 bits per heavy atom. The van der Waals surface area contributed by atoms with Crippen molar-refractivity contribution in [3.05, 3.63) is 59.5 Å². The average Bonchev–Trinajstić information content (AvgIpc) is 3.22. The van der Waals surface area contributed by atoms with E-state index in [2.05, 4.69) is 6.26 Å². The summed E-state index contributed by atoms with van der Waals surface area (Å²) in [6, 6.07) is 11.0. The zero-order valence-electron chi connectivity index (χ0n) is 15.6. The Morgan fingerprint density at radius 3 is 2.63 bits per heavy atom. The smallest absolute Gasteiger partial charge is 0.165 e. The summed E-state index contributed by atoms with van der Waals surface area (Å²) in [6.45, 7) is 4.57. The average molecular weight is 465 g/mol. The number of aliphatic hydroxyl groups is 1. The molecule has 1 fully saturated rings. The Hall–Kier alpha value is -0.516. The fraction of sp³-hybridized carbons (Fsp3) is 0.476. The summed E-state index contributed by atoms with van der Waals surface area (Å²) >= 11 is 6.48. The summed E-state index contributed by atoms with van der Waals surface area (Å²) in [5, 5.41) is 10.3. The van der Waals surface area contributed by atoms with E-state index >= 15 is 0 Å². The van der Waals surface area contributed by atoms with Gasteiger partial charge in [-0.25, -0.2) is 0 Å². The van der Waals surface area contributed by atoms with Gasteiger partial charge in [-0.05, 0) is 24.0 Å². The van der Waals surface area contributed by atoms with E-state index in [1.54, 1.807) is 6.07 Å². The first-order valence-electron chi connectivity index (χ1n) is 8.96. The van der Waals surface area contributed by atoms with Crippen molar-refractivity contribution >= 4 is 17.4 Å². The number of benzene rings is 1. The van der Waals surface area contributed by atoms with Gasteiger partial charge in [-0.2, -0.15) is 6.07 Å². The molecule has 1 aliphatic carbocycles. The van der Waals surface area contributed by atoms with Gasteiger partial charge in [0.15, 0.2) is 5.78 Å². The minimum atomic E-state index is -0.519. The number of carbonyl (C=O) groups is 1. The monoisotopic (exact) mass is 464 g/mol. The Bertz CT molecular complexity index is 714. The van der Waals surface area contributed by atoms with Gasteiger partial charge in [0.05, 0.1) is 12.7 Å². The molecule has 1 radical (unpaired) electrons. The van der Waals surface area contributed by atoms with Gasteiger partial charge in [0.1, 0.15) is 0 Å². The Morgan fingerprint density at radius 2 is 2.04 bits per heavy atom. The van der Waals surface area contributed by atoms with Crippen molar-refractivity contribution < 1.29 is 51.8 Å². The summed E-state index contributed by atoms with van der Waals surface area (Å²) in [4.78, 5) is 12.1. The molecule has 6 heteroatoms. The number of halogens is 1. The van der Waals surface area contributed by atoms with Crippen LogP contribution in [-0.4, -0.2) is 29.0 Å². The van der Waals surface area contributed by atoms with Crippen LogP contribution in [0, 0.1) is 18.1 Å². The molecule has 143 valence electrons. The maximum atomic E-state index is 12.1. The summed E-state index contributed by atoms with van der Waals surface area (Å²) in [6.07, 6.45) is 2.64. The standard InChI is InChI=1S/C21H24ClO4.Y/c1-13(2)21(24)15-7-5-14(6-8-15)20-17(18(22)10-19(20)23)12-25-11-16-4-3-9-26-16;/h3-8,13,17-20,23H,10-12H2,1-2H3;/q-1;/t17?,18-,19-,20?;/m1./s1. The van der Waals surface area contributed by atoms with E-state index in [4.69, 9.17) is 20.8 Å². The normalized spacial score (nSPS) is 24.8. The number of carbonyl (C=O) groups excluding carboxylic acids is 1. The zero-order chi connectivity index (χ0) is 18.7. The number of rotatable bonds is 7. The largest absolute Gasteiger partial charge is 0.593 e. The second kappa shape index (κ2) is 10.3. The van der Waals surface area contributed by atoms with E-state index in [0.29, 0.717) is 31.0 Å². The van der Waals surface area contributed by atoms with Gasteiger partial charge in [0, 0.05) is 68.0 Å². The van der Waals surface area contributed by atoms with Gasteiger partial charge in [0.2, 0.25) is 0 Å². The maximum Gasteiger partial charge on any atom is 0.165 e. The molecule has 0 spiro atoms. The quantitative estimate of drug-likeness (QED) is 0.379. The molecule has 4 atom stereocenters. The van der Waals surface area contributed by atoms with Crippen LogP contribution in [0.3, 0.4) is 0 Å². The molecule has 2 aromatic rings. The molecule has 1 aromatic carbocycles. The van der Waals surface area contributed by atoms with E-state index in [0.717, 1.165) is 5.56 Å². The van der Waals surface area contributed by atoms with E-state index in [1.807, 2.05) is 44.2 Å². The van der Waals surface area contributed by atoms with Crippen LogP contribution in [0.25, 0.3) is 0 Å². The van der Waals surface area contributed by atoms with Crippen LogP contribution in [0.5, 0.6) is 0 Å². The maximum absolute atomic E-state index is 12.1. The predicted molar refractivity (Wildman–Crippen MR) is 99.3 cm³/mol. The summed E-state index contributed by atoms with van der Waals surface area (Å²) in [7, 11) is 0. The number of furan rings is 1. The summed E-state index contributed by atoms with van der Waals surface area (Å²) < 4.78 is 10.9. The van der Waals surface area contributed by atoms with Crippen molar-refractivity contribution in [1.82, 2.24) is 0 Å². The van der Waals surface area contributed by atoms with E-state index in [1.165, 1.54) is 0 Å². The molecule has 0 saturated heterocycles. The molecule has 1 N–H and O–H groups in total. The van der Waals surface area contributed by atoms with Crippen LogP contribution in [0.4, 0.5) is 0 Å². The first-order valence-corrected chi connectivity index (χ1v) is 9.39. The molecule has 27 heavy (non-hydrogen) atoms. The minimum Gasteiger partial charge on any atom is -0.593 e. The molecule has 0 amide bonds. The number of aliphatic hydroxyl groups excluding tert-OH is 1. The molecule has 0 bridgehead atoms. The Balaban J connectivity index is 0.00000261. The van der Waals surface area contributed by atoms with Gasteiger partial charge < -0.3 is 14.3 Å². The third kappa shape index (κ3) is 5.51. The van der Waals surface area contributed by atoms with Crippen molar-refractivity contribution in [2.24, 2.45) is 11.8 Å². The molecule has 4 nitrogen and oxygen atoms in total. The van der Waals surface area contributed by atoms with Crippen LogP contribution >= 0.6 is 11.6 Å². The molecular weight excluding hydrogens is 441 g/mol. The zero-order valence-corrected chi connectivity index (χ0v) is 19.2. The van der Waals surface area contributed by atoms with Gasteiger partial charge in [-0.3, -0.25) is 4.79 Å². The molecular formula is C21H24ClO4Y-. The third-order valence-electron chi connectivity index (χ3n) is 4.99. The number of ether oxygens (including phenoxy) is 1. The van der Waals surface area contributed by atoms with Crippen molar-refractivity contribution in [1.29, 1.82) is 0 Å². The van der Waals surface area contributed by atoms with Crippen molar-refractivity contribution in [2.75, 3.05) is 6.61 Å². The van der Waals surface area contributed by atoms with Gasteiger partial charge in [0.25, 0.3) is 0 Å². The topological polar surface area (TPSA) is 59.7 Å². The third-order valence-corrected chi connectivity index (χ3v) is 5.50. The first kappa shape index (κ1) is 22.8. The fourth-order valence-electron chi connectivity index (χ4n) is 3.59. The van der Waals surface area contributed by atoms with Crippen molar-refractivity contribution in [3.8, 4) is 0 Å². The summed E-state index contributed by atoms with van der Waals surface area (Å²) in [5.41, 5.74) is 1.68. The van der Waals surface area contributed by atoms with Gasteiger partial charge in [-0.15, -0.1) is 17.7 Å². The molecule has 3 rings (SSSR count). The van der Waals surface area contributed by atoms with E-state index in [9.17, 15) is 9.90 Å². The molecule has 2 unspecified atom stereocenters. The molecule has 1 aromatic heterocycles. The minimum absolute atomic E-state index is 0. The van der Waals surface area contributed by atoms with Crippen LogP contribution in [0.15, 0.2) is 40.8 Å². The molecule has 0 aliphatic heterocycles. The van der Waals surface area contributed by atoms with Crippen LogP contribution < -0.4 is 0 Å².